The molecule has 2 aromatic rings. The third-order valence-electron chi connectivity index (χ3n) is 3.22. The monoisotopic (exact) mass is 318 g/mol. The van der Waals surface area contributed by atoms with E-state index in [1.807, 2.05) is 36.4 Å². The quantitative estimate of drug-likeness (QED) is 0.518. The van der Waals surface area contributed by atoms with Crippen LogP contribution in [0.4, 0.5) is 0 Å². The Kier molecular flexibility index (Phi) is 3.27. The fourth-order valence-electron chi connectivity index (χ4n) is 2.39. The number of benzene rings is 2. The molecule has 0 unspecified atom stereocenters. The topological polar surface area (TPSA) is 17.1 Å². The Bertz CT molecular complexity index is 622. The smallest absolute Gasteiger partial charge is 0.193 e. The minimum absolute atomic E-state index is 0.156. The molecule has 3 rings (SSSR count). The number of fused-ring (bicyclic) bond motifs is 2. The van der Waals surface area contributed by atoms with E-state index in [2.05, 4.69) is 22.0 Å². The van der Waals surface area contributed by atoms with Crippen molar-refractivity contribution >= 4 is 33.5 Å². The van der Waals surface area contributed by atoms with Gasteiger partial charge in [0.15, 0.2) is 5.78 Å². The lowest BCUT2D eigenvalue weighted by atomic mass is 9.85. The van der Waals surface area contributed by atoms with Crippen LogP contribution in [0, 0.1) is 0 Å². The average molecular weight is 319 g/mol. The van der Waals surface area contributed by atoms with E-state index >= 15 is 0 Å². The van der Waals surface area contributed by atoms with Crippen molar-refractivity contribution in [3.05, 3.63) is 64.7 Å². The lowest BCUT2D eigenvalue weighted by Crippen LogP contribution is -2.15. The molecule has 0 N–H and O–H groups in total. The molecule has 0 spiro atoms. The SMILES string of the molecule is O=C1c2ccccc2Cc2c(SCBr)cccc21. The number of hydrogen-bond acceptors (Lipinski definition) is 2. The van der Waals surface area contributed by atoms with Crippen LogP contribution in [0.15, 0.2) is 47.4 Å². The first-order chi connectivity index (χ1) is 8.81. The molecule has 1 aliphatic rings. The Morgan fingerprint density at radius 2 is 1.83 bits per heavy atom. The van der Waals surface area contributed by atoms with Crippen molar-refractivity contribution in [2.75, 3.05) is 4.66 Å². The molecule has 3 heteroatoms. The molecule has 0 aromatic heterocycles. The van der Waals surface area contributed by atoms with E-state index in [-0.39, 0.29) is 5.78 Å². The van der Waals surface area contributed by atoms with E-state index in [4.69, 9.17) is 0 Å². The molecule has 0 aliphatic heterocycles. The summed E-state index contributed by atoms with van der Waals surface area (Å²) >= 11 is 5.17. The van der Waals surface area contributed by atoms with Gasteiger partial charge < -0.3 is 0 Å². The van der Waals surface area contributed by atoms with Crippen LogP contribution in [0.3, 0.4) is 0 Å². The molecule has 0 atom stereocenters. The van der Waals surface area contributed by atoms with E-state index in [0.29, 0.717) is 0 Å². The molecule has 0 saturated heterocycles. The molecule has 1 aliphatic carbocycles. The summed E-state index contributed by atoms with van der Waals surface area (Å²) in [4.78, 5) is 13.6. The van der Waals surface area contributed by atoms with Crippen LogP contribution in [-0.2, 0) is 6.42 Å². The largest absolute Gasteiger partial charge is 0.289 e. The standard InChI is InChI=1S/C15H11BrOS/c16-9-18-14-7-3-6-12-13(14)8-10-4-1-2-5-11(10)15(12)17/h1-7H,8-9H2. The zero-order valence-electron chi connectivity index (χ0n) is 9.65. The summed E-state index contributed by atoms with van der Waals surface area (Å²) in [6.07, 6.45) is 0.855. The third-order valence-corrected chi connectivity index (χ3v) is 4.71. The van der Waals surface area contributed by atoms with Crippen molar-refractivity contribution in [3.63, 3.8) is 0 Å². The Hall–Kier alpha value is -1.06. The highest BCUT2D eigenvalue weighted by Gasteiger charge is 2.24. The lowest BCUT2D eigenvalue weighted by molar-refractivity contribution is 0.103. The van der Waals surface area contributed by atoms with Crippen LogP contribution in [0.25, 0.3) is 0 Å². The van der Waals surface area contributed by atoms with E-state index < -0.39 is 0 Å². The molecule has 0 amide bonds. The van der Waals surface area contributed by atoms with E-state index in [1.54, 1.807) is 11.8 Å². The maximum atomic E-state index is 12.4. The molecule has 0 bridgehead atoms. The van der Waals surface area contributed by atoms with Gasteiger partial charge in [-0.2, -0.15) is 0 Å². The van der Waals surface area contributed by atoms with Gasteiger partial charge >= 0.3 is 0 Å². The summed E-state index contributed by atoms with van der Waals surface area (Å²) in [5, 5.41) is 0. The van der Waals surface area contributed by atoms with Crippen molar-refractivity contribution in [2.24, 2.45) is 0 Å². The predicted octanol–water partition coefficient (Wildman–Crippen LogP) is 4.27. The average Bonchev–Trinajstić information content (AvgIpc) is 2.40. The first-order valence-corrected chi connectivity index (χ1v) is 7.85. The molecule has 18 heavy (non-hydrogen) atoms. The summed E-state index contributed by atoms with van der Waals surface area (Å²) in [7, 11) is 0. The number of alkyl halides is 1. The maximum absolute atomic E-state index is 12.4. The predicted molar refractivity (Wildman–Crippen MR) is 78.8 cm³/mol. The van der Waals surface area contributed by atoms with E-state index in [9.17, 15) is 4.79 Å². The van der Waals surface area contributed by atoms with Crippen LogP contribution in [0.2, 0.25) is 0 Å². The van der Waals surface area contributed by atoms with Crippen LogP contribution >= 0.6 is 27.7 Å². The number of halogens is 1. The van der Waals surface area contributed by atoms with Crippen molar-refractivity contribution < 1.29 is 4.79 Å². The first kappa shape index (κ1) is 12.0. The number of carbonyl (C=O) groups is 1. The fourth-order valence-corrected chi connectivity index (χ4v) is 3.77. The maximum Gasteiger partial charge on any atom is 0.193 e. The van der Waals surface area contributed by atoms with Crippen molar-refractivity contribution in [3.8, 4) is 0 Å². The number of ketones is 1. The minimum atomic E-state index is 0.156. The Balaban J connectivity index is 2.16. The fraction of sp³-hybridized carbons (Fsp3) is 0.133. The van der Waals surface area contributed by atoms with Crippen molar-refractivity contribution in [1.82, 2.24) is 0 Å². The summed E-state index contributed by atoms with van der Waals surface area (Å²) < 4.78 is 0.847. The minimum Gasteiger partial charge on any atom is -0.289 e. The van der Waals surface area contributed by atoms with Gasteiger partial charge in [0.2, 0.25) is 0 Å². The second kappa shape index (κ2) is 4.90. The Morgan fingerprint density at radius 1 is 1.06 bits per heavy atom. The van der Waals surface area contributed by atoms with Gasteiger partial charge in [-0.3, -0.25) is 4.79 Å². The van der Waals surface area contributed by atoms with Crippen molar-refractivity contribution in [1.29, 1.82) is 0 Å². The van der Waals surface area contributed by atoms with Gasteiger partial charge in [0, 0.05) is 22.4 Å². The molecule has 2 aromatic carbocycles. The zero-order valence-corrected chi connectivity index (χ0v) is 12.1. The molecule has 1 nitrogen and oxygen atoms in total. The van der Waals surface area contributed by atoms with Gasteiger partial charge in [-0.1, -0.05) is 52.3 Å². The zero-order chi connectivity index (χ0) is 12.5. The van der Waals surface area contributed by atoms with Gasteiger partial charge in [0.1, 0.15) is 0 Å². The summed E-state index contributed by atoms with van der Waals surface area (Å²) in [6, 6.07) is 13.9. The van der Waals surface area contributed by atoms with Crippen LogP contribution < -0.4 is 0 Å². The normalized spacial score (nSPS) is 13.1. The molecule has 0 saturated carbocycles. The van der Waals surface area contributed by atoms with Crippen molar-refractivity contribution in [2.45, 2.75) is 11.3 Å². The molecule has 90 valence electrons. The van der Waals surface area contributed by atoms with Crippen LogP contribution in [0.5, 0.6) is 0 Å². The van der Waals surface area contributed by atoms with E-state index in [1.165, 1.54) is 10.5 Å². The van der Waals surface area contributed by atoms with Gasteiger partial charge in [0.25, 0.3) is 0 Å². The molecular formula is C15H11BrOS. The van der Waals surface area contributed by atoms with Gasteiger partial charge in [-0.05, 0) is 17.2 Å². The second-order valence-corrected chi connectivity index (χ2v) is 6.52. The van der Waals surface area contributed by atoms with Crippen LogP contribution in [0.1, 0.15) is 27.0 Å². The Morgan fingerprint density at radius 3 is 2.67 bits per heavy atom. The molecular weight excluding hydrogens is 308 g/mol. The van der Waals surface area contributed by atoms with E-state index in [0.717, 1.165) is 27.8 Å². The van der Waals surface area contributed by atoms with Gasteiger partial charge in [0.05, 0.1) is 4.66 Å². The summed E-state index contributed by atoms with van der Waals surface area (Å²) in [5.74, 6) is 0.156. The van der Waals surface area contributed by atoms with Gasteiger partial charge in [-0.25, -0.2) is 0 Å². The highest BCUT2D eigenvalue weighted by atomic mass is 79.9. The molecule has 0 heterocycles. The highest BCUT2D eigenvalue weighted by molar-refractivity contribution is 9.11. The highest BCUT2D eigenvalue weighted by Crippen LogP contribution is 2.34. The number of thioether (sulfide) groups is 1. The number of rotatable bonds is 2. The van der Waals surface area contributed by atoms with Gasteiger partial charge in [-0.15, -0.1) is 11.8 Å². The molecule has 0 radical (unpaired) electrons. The second-order valence-electron chi connectivity index (χ2n) is 4.20. The summed E-state index contributed by atoms with van der Waals surface area (Å²) in [6.45, 7) is 0. The third kappa shape index (κ3) is 1.91. The molecule has 0 fully saturated rings. The van der Waals surface area contributed by atoms with Crippen LogP contribution in [-0.4, -0.2) is 10.4 Å². The Labute approximate surface area is 119 Å². The lowest BCUT2D eigenvalue weighted by Gasteiger charge is -2.20. The number of hydrogen-bond donors (Lipinski definition) is 0. The summed E-state index contributed by atoms with van der Waals surface area (Å²) in [5.41, 5.74) is 4.02. The number of carbonyl (C=O) groups excluding carboxylic acids is 1. The first-order valence-electron chi connectivity index (χ1n) is 5.74.